The molecular weight excluding hydrogens is 424 g/mol. The van der Waals surface area contributed by atoms with Crippen LogP contribution in [0.25, 0.3) is 0 Å². The molecular formula is C20H19F3O3Se. The van der Waals surface area contributed by atoms with Crippen molar-refractivity contribution in [2.75, 3.05) is 6.61 Å². The molecule has 1 saturated heterocycles. The van der Waals surface area contributed by atoms with Crippen molar-refractivity contribution < 1.29 is 27.4 Å². The zero-order valence-corrected chi connectivity index (χ0v) is 16.2. The van der Waals surface area contributed by atoms with Gasteiger partial charge in [-0.2, -0.15) is 0 Å². The van der Waals surface area contributed by atoms with Crippen LogP contribution in [-0.2, 0) is 15.7 Å². The van der Waals surface area contributed by atoms with Gasteiger partial charge in [-0.15, -0.1) is 0 Å². The maximum absolute atomic E-state index is 12.6. The van der Waals surface area contributed by atoms with Gasteiger partial charge in [0.15, 0.2) is 0 Å². The zero-order chi connectivity index (χ0) is 19.3. The van der Waals surface area contributed by atoms with E-state index in [1.165, 1.54) is 4.46 Å². The van der Waals surface area contributed by atoms with Crippen molar-refractivity contribution in [2.45, 2.75) is 36.5 Å². The van der Waals surface area contributed by atoms with Crippen molar-refractivity contribution in [3.8, 4) is 0 Å². The van der Waals surface area contributed by atoms with Crippen LogP contribution in [0.3, 0.4) is 0 Å². The van der Waals surface area contributed by atoms with Gasteiger partial charge >= 0.3 is 162 Å². The van der Waals surface area contributed by atoms with Crippen molar-refractivity contribution in [1.82, 2.24) is 0 Å². The van der Waals surface area contributed by atoms with Gasteiger partial charge < -0.3 is 0 Å². The number of ether oxygens (including phenoxy) is 2. The summed E-state index contributed by atoms with van der Waals surface area (Å²) >= 11 is 0.197. The van der Waals surface area contributed by atoms with E-state index in [1.807, 2.05) is 18.2 Å². The second-order valence-corrected chi connectivity index (χ2v) is 8.49. The van der Waals surface area contributed by atoms with E-state index in [0.717, 1.165) is 36.0 Å². The van der Waals surface area contributed by atoms with Gasteiger partial charge in [-0.05, 0) is 0 Å². The number of carbonyl (C=O) groups is 1. The zero-order valence-electron chi connectivity index (χ0n) is 14.4. The first-order valence-electron chi connectivity index (χ1n) is 8.61. The first kappa shape index (κ1) is 19.9. The summed E-state index contributed by atoms with van der Waals surface area (Å²) in [4.78, 5) is 12.3. The van der Waals surface area contributed by atoms with Crippen molar-refractivity contribution in [3.63, 3.8) is 0 Å². The molecule has 1 aliphatic heterocycles. The molecule has 1 heterocycles. The van der Waals surface area contributed by atoms with Crippen LogP contribution >= 0.6 is 0 Å². The summed E-state index contributed by atoms with van der Waals surface area (Å²) < 4.78 is 50.5. The monoisotopic (exact) mass is 444 g/mol. The molecule has 0 bridgehead atoms. The second-order valence-electron chi connectivity index (χ2n) is 6.19. The predicted octanol–water partition coefficient (Wildman–Crippen LogP) is 3.86. The average molecular weight is 443 g/mol. The van der Waals surface area contributed by atoms with E-state index in [1.54, 1.807) is 0 Å². The Balaban J connectivity index is 1.60. The Morgan fingerprint density at radius 3 is 2.48 bits per heavy atom. The maximum atomic E-state index is 12.6. The first-order valence-corrected chi connectivity index (χ1v) is 10.7. The van der Waals surface area contributed by atoms with Crippen LogP contribution < -0.4 is 4.46 Å². The van der Waals surface area contributed by atoms with Crippen molar-refractivity contribution in [1.29, 1.82) is 0 Å². The Labute approximate surface area is 162 Å². The van der Waals surface area contributed by atoms with Crippen LogP contribution in [0.1, 0.15) is 28.8 Å². The molecule has 0 aliphatic carbocycles. The molecule has 2 atom stereocenters. The van der Waals surface area contributed by atoms with Crippen LogP contribution in [0.2, 0.25) is 5.32 Å². The normalized spacial score (nSPS) is 20.3. The number of hydrogen-bond donors (Lipinski definition) is 0. The predicted molar refractivity (Wildman–Crippen MR) is 96.3 cm³/mol. The summed E-state index contributed by atoms with van der Waals surface area (Å²) in [7, 11) is 0. The van der Waals surface area contributed by atoms with Crippen LogP contribution in [0, 0.1) is 0 Å². The van der Waals surface area contributed by atoms with Crippen molar-refractivity contribution in [3.05, 3.63) is 65.7 Å². The molecule has 0 N–H and O–H groups in total. The van der Waals surface area contributed by atoms with Crippen LogP contribution in [0.15, 0.2) is 54.6 Å². The number of alkyl halides is 3. The molecule has 0 aromatic heterocycles. The van der Waals surface area contributed by atoms with Gasteiger partial charge in [0.05, 0.1) is 0 Å². The fourth-order valence-electron chi connectivity index (χ4n) is 2.80. The van der Waals surface area contributed by atoms with E-state index in [4.69, 9.17) is 9.47 Å². The molecule has 3 rings (SSSR count). The van der Waals surface area contributed by atoms with E-state index >= 15 is 0 Å². The van der Waals surface area contributed by atoms with Crippen LogP contribution in [0.5, 0.6) is 0 Å². The van der Waals surface area contributed by atoms with Gasteiger partial charge in [-0.1, -0.05) is 0 Å². The summed E-state index contributed by atoms with van der Waals surface area (Å²) in [6, 6.07) is 14.1. The topological polar surface area (TPSA) is 35.5 Å². The number of hydrogen-bond acceptors (Lipinski definition) is 3. The third-order valence-corrected chi connectivity index (χ3v) is 6.55. The summed E-state index contributed by atoms with van der Waals surface area (Å²) in [5, 5.41) is 0.780. The Morgan fingerprint density at radius 2 is 1.81 bits per heavy atom. The molecule has 1 fully saturated rings. The van der Waals surface area contributed by atoms with Gasteiger partial charge in [0.1, 0.15) is 0 Å². The summed E-state index contributed by atoms with van der Waals surface area (Å²) in [6.45, 7) is 0.629. The van der Waals surface area contributed by atoms with Gasteiger partial charge in [-0.25, -0.2) is 0 Å². The van der Waals surface area contributed by atoms with E-state index in [2.05, 4.69) is 12.1 Å². The second kappa shape index (κ2) is 8.91. The van der Waals surface area contributed by atoms with Crippen molar-refractivity contribution in [2.24, 2.45) is 0 Å². The molecule has 2 aromatic carbocycles. The van der Waals surface area contributed by atoms with Crippen molar-refractivity contribution >= 4 is 25.4 Å². The number of halogens is 3. The number of esters is 1. The molecule has 144 valence electrons. The molecule has 27 heavy (non-hydrogen) atoms. The fraction of sp³-hybridized carbons (Fsp3) is 0.350. The summed E-state index contributed by atoms with van der Waals surface area (Å²) in [6.07, 6.45) is -3.50. The minimum atomic E-state index is -4.43. The standard InChI is InChI=1S/C20H19F3O3Se/c21-20(22,23)15-10-8-14(9-11-15)19(24)26-17-7-4-12-25-18(17)13-27-16-5-2-1-3-6-16/h1-3,5-6,8-11,17-18H,4,7,12-13H2/t17-,18-/m1/s1. The van der Waals surface area contributed by atoms with E-state index in [9.17, 15) is 18.0 Å². The molecule has 7 heteroatoms. The average Bonchev–Trinajstić information content (AvgIpc) is 2.67. The Hall–Kier alpha value is -1.82. The van der Waals surface area contributed by atoms with E-state index in [-0.39, 0.29) is 32.7 Å². The molecule has 1 aliphatic rings. The molecule has 0 amide bonds. The molecule has 2 aromatic rings. The molecule has 0 spiro atoms. The summed E-state index contributed by atoms with van der Waals surface area (Å²) in [5.41, 5.74) is -0.676. The van der Waals surface area contributed by atoms with Gasteiger partial charge in [0.2, 0.25) is 0 Å². The minimum absolute atomic E-state index is 0.112. The summed E-state index contributed by atoms with van der Waals surface area (Å²) in [5.74, 6) is -0.614. The van der Waals surface area contributed by atoms with Crippen LogP contribution in [-0.4, -0.2) is 39.7 Å². The van der Waals surface area contributed by atoms with E-state index < -0.39 is 17.7 Å². The Kier molecular flexibility index (Phi) is 6.58. The van der Waals surface area contributed by atoms with Gasteiger partial charge in [0.25, 0.3) is 0 Å². The Morgan fingerprint density at radius 1 is 1.11 bits per heavy atom. The van der Waals surface area contributed by atoms with Gasteiger partial charge in [-0.3, -0.25) is 0 Å². The van der Waals surface area contributed by atoms with E-state index in [0.29, 0.717) is 13.0 Å². The molecule has 0 radical (unpaired) electrons. The third-order valence-electron chi connectivity index (χ3n) is 4.24. The first-order chi connectivity index (χ1) is 12.9. The molecule has 0 saturated carbocycles. The SMILES string of the molecule is O=C(O[C@@H]1CCCO[C@@H]1C[Se]c1ccccc1)c1ccc(C(F)(F)F)cc1. The van der Waals surface area contributed by atoms with Crippen LogP contribution in [0.4, 0.5) is 13.2 Å². The Bertz CT molecular complexity index is 747. The number of carbonyl (C=O) groups excluding carboxylic acids is 1. The molecule has 3 nitrogen and oxygen atoms in total. The number of rotatable bonds is 5. The molecule has 0 unspecified atom stereocenters. The third kappa shape index (κ3) is 5.58. The fourth-order valence-corrected chi connectivity index (χ4v) is 4.93. The number of benzene rings is 2. The van der Waals surface area contributed by atoms with Gasteiger partial charge in [0, 0.05) is 0 Å². The quantitative estimate of drug-likeness (QED) is 0.520.